The van der Waals surface area contributed by atoms with Crippen LogP contribution >= 0.6 is 0 Å². The quantitative estimate of drug-likeness (QED) is 0.831. The van der Waals surface area contributed by atoms with Gasteiger partial charge in [0.15, 0.2) is 0 Å². The van der Waals surface area contributed by atoms with Gasteiger partial charge in [-0.05, 0) is 56.5 Å². The van der Waals surface area contributed by atoms with Gasteiger partial charge in [-0.25, -0.2) is 0 Å². The lowest BCUT2D eigenvalue weighted by atomic mass is 10.1. The maximum Gasteiger partial charge on any atom is 0.339 e. The maximum atomic E-state index is 12.2. The van der Waals surface area contributed by atoms with Crippen LogP contribution in [-0.4, -0.2) is 19.6 Å². The summed E-state index contributed by atoms with van der Waals surface area (Å²) in [5.74, 6) is 0.279. The lowest BCUT2D eigenvalue weighted by Crippen LogP contribution is -2.09. The van der Waals surface area contributed by atoms with Crippen LogP contribution in [0.1, 0.15) is 24.5 Å². The Morgan fingerprint density at radius 3 is 2.18 bits per heavy atom. The van der Waals surface area contributed by atoms with Gasteiger partial charge in [0, 0.05) is 0 Å². The molecule has 22 heavy (non-hydrogen) atoms. The molecule has 0 amide bonds. The molecule has 0 aliphatic heterocycles. The zero-order valence-electron chi connectivity index (χ0n) is 12.7. The Bertz CT molecular complexity index is 701. The number of hydrogen-bond acceptors (Lipinski definition) is 4. The van der Waals surface area contributed by atoms with E-state index in [2.05, 4.69) is 0 Å². The molecule has 0 spiro atoms. The molecule has 4 nitrogen and oxygen atoms in total. The summed E-state index contributed by atoms with van der Waals surface area (Å²) >= 11 is 0. The Morgan fingerprint density at radius 2 is 1.64 bits per heavy atom. The van der Waals surface area contributed by atoms with E-state index in [1.54, 1.807) is 31.2 Å². The summed E-state index contributed by atoms with van der Waals surface area (Å²) in [5, 5.41) is 9.26. The van der Waals surface area contributed by atoms with Gasteiger partial charge in [0.25, 0.3) is 0 Å². The molecule has 5 heteroatoms. The molecule has 0 saturated heterocycles. The number of hydrogen-bond donors (Lipinski definition) is 1. The monoisotopic (exact) mass is 320 g/mol. The second-order valence-electron chi connectivity index (χ2n) is 5.38. The minimum absolute atomic E-state index is 0.135. The van der Waals surface area contributed by atoms with E-state index in [0.717, 1.165) is 17.5 Å². The van der Waals surface area contributed by atoms with Gasteiger partial charge in [-0.2, -0.15) is 8.42 Å². The molecule has 0 aliphatic rings. The van der Waals surface area contributed by atoms with Crippen molar-refractivity contribution in [3.8, 4) is 5.75 Å². The predicted octanol–water partition coefficient (Wildman–Crippen LogP) is 3.08. The van der Waals surface area contributed by atoms with Crippen molar-refractivity contribution in [2.45, 2.75) is 37.7 Å². The third-order valence-electron chi connectivity index (χ3n) is 3.29. The van der Waals surface area contributed by atoms with E-state index in [-0.39, 0.29) is 16.7 Å². The van der Waals surface area contributed by atoms with Gasteiger partial charge in [0.1, 0.15) is 10.6 Å². The van der Waals surface area contributed by atoms with Crippen LogP contribution in [0.15, 0.2) is 53.4 Å². The highest BCUT2D eigenvalue weighted by Crippen LogP contribution is 2.20. The second-order valence-corrected chi connectivity index (χ2v) is 6.93. The average molecular weight is 320 g/mol. The van der Waals surface area contributed by atoms with Gasteiger partial charge < -0.3 is 9.29 Å². The third kappa shape index (κ3) is 4.58. The standard InChI is InChI=1S/C17H20O4S/c1-13-3-11-17(12-4-13)22(19,20)21-16-9-7-15(8-10-16)6-5-14(2)18/h3-4,7-12,14,18H,5-6H2,1-2H3. The Labute approximate surface area is 131 Å². The zero-order valence-corrected chi connectivity index (χ0v) is 13.5. The van der Waals surface area contributed by atoms with E-state index >= 15 is 0 Å². The van der Waals surface area contributed by atoms with Gasteiger partial charge in [0.05, 0.1) is 6.10 Å². The molecule has 0 heterocycles. The van der Waals surface area contributed by atoms with Crippen LogP contribution in [0, 0.1) is 6.92 Å². The fraction of sp³-hybridized carbons (Fsp3) is 0.294. The Balaban J connectivity index is 2.08. The maximum absolute atomic E-state index is 12.2. The molecular weight excluding hydrogens is 300 g/mol. The van der Waals surface area contributed by atoms with Gasteiger partial charge in [-0.1, -0.05) is 29.8 Å². The molecule has 2 aromatic carbocycles. The van der Waals surface area contributed by atoms with Crippen molar-refractivity contribution in [1.82, 2.24) is 0 Å². The average Bonchev–Trinajstić information content (AvgIpc) is 2.46. The predicted molar refractivity (Wildman–Crippen MR) is 85.4 cm³/mol. The summed E-state index contributed by atoms with van der Waals surface area (Å²) in [5.41, 5.74) is 2.02. The van der Waals surface area contributed by atoms with E-state index < -0.39 is 10.1 Å². The van der Waals surface area contributed by atoms with E-state index in [1.165, 1.54) is 12.1 Å². The lowest BCUT2D eigenvalue weighted by molar-refractivity contribution is 0.185. The topological polar surface area (TPSA) is 63.6 Å². The lowest BCUT2D eigenvalue weighted by Gasteiger charge is -2.08. The molecule has 0 bridgehead atoms. The van der Waals surface area contributed by atoms with Crippen LogP contribution in [0.25, 0.3) is 0 Å². The molecule has 0 aromatic heterocycles. The molecule has 2 rings (SSSR count). The zero-order chi connectivity index (χ0) is 16.2. The second kappa shape index (κ2) is 6.94. The van der Waals surface area contributed by atoms with Crippen LogP contribution in [0.3, 0.4) is 0 Å². The molecular formula is C17H20O4S. The fourth-order valence-corrected chi connectivity index (χ4v) is 2.90. The molecule has 2 aromatic rings. The van der Waals surface area contributed by atoms with Gasteiger partial charge in [-0.3, -0.25) is 0 Å². The number of aliphatic hydroxyl groups excluding tert-OH is 1. The fourth-order valence-electron chi connectivity index (χ4n) is 1.97. The highest BCUT2D eigenvalue weighted by Gasteiger charge is 2.16. The van der Waals surface area contributed by atoms with Crippen molar-refractivity contribution < 1.29 is 17.7 Å². The largest absolute Gasteiger partial charge is 0.393 e. The summed E-state index contributed by atoms with van der Waals surface area (Å²) in [4.78, 5) is 0.135. The minimum Gasteiger partial charge on any atom is -0.393 e. The first-order chi connectivity index (χ1) is 10.4. The van der Waals surface area contributed by atoms with Crippen LogP contribution in [0.2, 0.25) is 0 Å². The van der Waals surface area contributed by atoms with Gasteiger partial charge in [0.2, 0.25) is 0 Å². The van der Waals surface area contributed by atoms with E-state index in [1.807, 2.05) is 19.1 Å². The van der Waals surface area contributed by atoms with Gasteiger partial charge >= 0.3 is 10.1 Å². The van der Waals surface area contributed by atoms with Crippen molar-refractivity contribution in [2.24, 2.45) is 0 Å². The third-order valence-corrected chi connectivity index (χ3v) is 4.55. The van der Waals surface area contributed by atoms with Crippen LogP contribution < -0.4 is 4.18 Å². The Morgan fingerprint density at radius 1 is 1.05 bits per heavy atom. The summed E-state index contributed by atoms with van der Waals surface area (Å²) in [6.07, 6.45) is 1.06. The summed E-state index contributed by atoms with van der Waals surface area (Å²) < 4.78 is 29.4. The van der Waals surface area contributed by atoms with E-state index in [4.69, 9.17) is 4.18 Å². The molecule has 1 atom stereocenters. The van der Waals surface area contributed by atoms with Crippen molar-refractivity contribution >= 4 is 10.1 Å². The Hall–Kier alpha value is -1.85. The molecule has 0 saturated carbocycles. The van der Waals surface area contributed by atoms with E-state index in [9.17, 15) is 13.5 Å². The number of benzene rings is 2. The minimum atomic E-state index is -3.81. The smallest absolute Gasteiger partial charge is 0.339 e. The normalized spacial score (nSPS) is 12.9. The number of aryl methyl sites for hydroxylation is 2. The van der Waals surface area contributed by atoms with Crippen LogP contribution in [0.5, 0.6) is 5.75 Å². The molecule has 1 unspecified atom stereocenters. The molecule has 0 fully saturated rings. The van der Waals surface area contributed by atoms with Crippen molar-refractivity contribution in [3.05, 3.63) is 59.7 Å². The van der Waals surface area contributed by atoms with Crippen LogP contribution in [0.4, 0.5) is 0 Å². The first-order valence-corrected chi connectivity index (χ1v) is 8.56. The SMILES string of the molecule is Cc1ccc(S(=O)(=O)Oc2ccc(CCC(C)O)cc2)cc1. The van der Waals surface area contributed by atoms with Crippen molar-refractivity contribution in [2.75, 3.05) is 0 Å². The van der Waals surface area contributed by atoms with E-state index in [0.29, 0.717) is 6.42 Å². The van der Waals surface area contributed by atoms with Crippen LogP contribution in [-0.2, 0) is 16.5 Å². The molecule has 0 aliphatic carbocycles. The first kappa shape index (κ1) is 16.5. The number of rotatable bonds is 6. The summed E-state index contributed by atoms with van der Waals surface area (Å²) in [7, 11) is -3.81. The van der Waals surface area contributed by atoms with Gasteiger partial charge in [-0.15, -0.1) is 0 Å². The number of aliphatic hydroxyl groups is 1. The summed E-state index contributed by atoms with van der Waals surface area (Å²) in [6, 6.07) is 13.4. The molecule has 118 valence electrons. The molecule has 1 N–H and O–H groups in total. The highest BCUT2D eigenvalue weighted by molar-refractivity contribution is 7.87. The highest BCUT2D eigenvalue weighted by atomic mass is 32.2. The summed E-state index contributed by atoms with van der Waals surface area (Å²) in [6.45, 7) is 3.63. The first-order valence-electron chi connectivity index (χ1n) is 7.15. The Kier molecular flexibility index (Phi) is 5.21. The van der Waals surface area contributed by atoms with Crippen molar-refractivity contribution in [1.29, 1.82) is 0 Å². The molecule has 0 radical (unpaired) electrons. The van der Waals surface area contributed by atoms with Crippen molar-refractivity contribution in [3.63, 3.8) is 0 Å².